The van der Waals surface area contributed by atoms with Gasteiger partial charge in [0.1, 0.15) is 0 Å². The van der Waals surface area contributed by atoms with E-state index in [1.54, 1.807) is 11.9 Å². The number of thioether (sulfide) groups is 1. The van der Waals surface area contributed by atoms with E-state index in [0.717, 1.165) is 36.9 Å². The standard InChI is InChI=1S/C19H18ClN3O2S2/c1-22-18(24)16(12-15-6-7-17(20)26-15)27-19(22)21-13-2-4-14(5-3-13)23-8-10-25-11-9-23/h2-7,12H,8-11H2,1H3/b16-12-,21-19?. The third kappa shape index (κ3) is 4.21. The van der Waals surface area contributed by atoms with Crippen molar-refractivity contribution in [1.29, 1.82) is 0 Å². The minimum Gasteiger partial charge on any atom is -0.378 e. The van der Waals surface area contributed by atoms with Crippen molar-refractivity contribution in [2.24, 2.45) is 4.99 Å². The number of rotatable bonds is 3. The number of nitrogens with zero attached hydrogens (tertiary/aromatic N) is 3. The smallest absolute Gasteiger partial charge is 0.266 e. The molecule has 0 N–H and O–H groups in total. The van der Waals surface area contributed by atoms with E-state index in [1.807, 2.05) is 30.3 Å². The Bertz CT molecular complexity index is 902. The van der Waals surface area contributed by atoms with E-state index in [9.17, 15) is 4.79 Å². The molecule has 0 aliphatic carbocycles. The number of amides is 1. The molecule has 0 radical (unpaired) electrons. The number of aliphatic imine (C=N–C) groups is 1. The summed E-state index contributed by atoms with van der Waals surface area (Å²) in [5.41, 5.74) is 2.00. The Kier molecular flexibility index (Phi) is 5.54. The molecule has 2 aromatic rings. The van der Waals surface area contributed by atoms with E-state index in [0.29, 0.717) is 14.4 Å². The number of carbonyl (C=O) groups is 1. The maximum absolute atomic E-state index is 12.5. The highest BCUT2D eigenvalue weighted by atomic mass is 35.5. The fourth-order valence-corrected chi connectivity index (χ4v) is 4.91. The molecule has 1 amide bonds. The molecular weight excluding hydrogens is 402 g/mol. The van der Waals surface area contributed by atoms with Crippen LogP contribution in [0.1, 0.15) is 4.88 Å². The first-order valence-corrected chi connectivity index (χ1v) is 10.6. The lowest BCUT2D eigenvalue weighted by atomic mass is 10.2. The molecular formula is C19H18ClN3O2S2. The second-order valence-corrected chi connectivity index (χ2v) is 8.88. The summed E-state index contributed by atoms with van der Waals surface area (Å²) in [6.07, 6.45) is 1.87. The summed E-state index contributed by atoms with van der Waals surface area (Å²) in [5.74, 6) is -0.0480. The van der Waals surface area contributed by atoms with Crippen molar-refractivity contribution < 1.29 is 9.53 Å². The second-order valence-electron chi connectivity index (χ2n) is 6.13. The van der Waals surface area contributed by atoms with Gasteiger partial charge in [-0.3, -0.25) is 9.69 Å². The highest BCUT2D eigenvalue weighted by Gasteiger charge is 2.30. The lowest BCUT2D eigenvalue weighted by Gasteiger charge is -2.28. The molecule has 140 valence electrons. The lowest BCUT2D eigenvalue weighted by molar-refractivity contribution is -0.121. The van der Waals surface area contributed by atoms with Gasteiger partial charge in [-0.25, -0.2) is 4.99 Å². The van der Waals surface area contributed by atoms with Crippen LogP contribution in [-0.4, -0.2) is 49.3 Å². The third-order valence-electron chi connectivity index (χ3n) is 4.32. The van der Waals surface area contributed by atoms with Crippen molar-refractivity contribution >= 4 is 63.2 Å². The molecule has 8 heteroatoms. The van der Waals surface area contributed by atoms with Gasteiger partial charge in [0, 0.05) is 30.7 Å². The normalized spacial score (nSPS) is 20.9. The fraction of sp³-hybridized carbons (Fsp3) is 0.263. The fourth-order valence-electron chi connectivity index (χ4n) is 2.86. The van der Waals surface area contributed by atoms with Gasteiger partial charge in [-0.15, -0.1) is 11.3 Å². The summed E-state index contributed by atoms with van der Waals surface area (Å²) in [7, 11) is 1.75. The van der Waals surface area contributed by atoms with Gasteiger partial charge in [-0.1, -0.05) is 11.6 Å². The number of hydrogen-bond donors (Lipinski definition) is 0. The number of anilines is 1. The Morgan fingerprint density at radius 2 is 1.89 bits per heavy atom. The summed E-state index contributed by atoms with van der Waals surface area (Å²) < 4.78 is 6.10. The van der Waals surface area contributed by atoms with Crippen molar-refractivity contribution in [2.75, 3.05) is 38.3 Å². The monoisotopic (exact) mass is 419 g/mol. The minimum atomic E-state index is -0.0480. The van der Waals surface area contributed by atoms with E-state index in [4.69, 9.17) is 16.3 Å². The number of benzene rings is 1. The van der Waals surface area contributed by atoms with Crippen LogP contribution < -0.4 is 4.90 Å². The summed E-state index contributed by atoms with van der Waals surface area (Å²) in [5, 5.41) is 0.674. The first kappa shape index (κ1) is 18.6. The van der Waals surface area contributed by atoms with Crippen LogP contribution in [-0.2, 0) is 9.53 Å². The molecule has 1 aromatic carbocycles. The first-order valence-electron chi connectivity index (χ1n) is 8.54. The zero-order chi connectivity index (χ0) is 18.8. The van der Waals surface area contributed by atoms with Gasteiger partial charge in [0.05, 0.1) is 28.1 Å². The molecule has 2 aliphatic heterocycles. The van der Waals surface area contributed by atoms with Crippen LogP contribution in [0.5, 0.6) is 0 Å². The van der Waals surface area contributed by atoms with Crippen LogP contribution in [0, 0.1) is 0 Å². The topological polar surface area (TPSA) is 45.1 Å². The number of ether oxygens (including phenoxy) is 1. The highest BCUT2D eigenvalue weighted by Crippen LogP contribution is 2.35. The molecule has 2 aliphatic rings. The van der Waals surface area contributed by atoms with Crippen molar-refractivity contribution in [3.8, 4) is 0 Å². The van der Waals surface area contributed by atoms with Gasteiger partial charge in [-0.05, 0) is 54.2 Å². The van der Waals surface area contributed by atoms with Gasteiger partial charge in [0.2, 0.25) is 0 Å². The zero-order valence-electron chi connectivity index (χ0n) is 14.7. The lowest BCUT2D eigenvalue weighted by Crippen LogP contribution is -2.36. The van der Waals surface area contributed by atoms with Crippen LogP contribution >= 0.6 is 34.7 Å². The van der Waals surface area contributed by atoms with Gasteiger partial charge >= 0.3 is 0 Å². The third-order valence-corrected chi connectivity index (χ3v) is 6.56. The first-order chi connectivity index (χ1) is 13.1. The predicted molar refractivity (Wildman–Crippen MR) is 114 cm³/mol. The van der Waals surface area contributed by atoms with Crippen LogP contribution in [0.4, 0.5) is 11.4 Å². The maximum atomic E-state index is 12.5. The van der Waals surface area contributed by atoms with Gasteiger partial charge in [0.25, 0.3) is 5.91 Å². The SMILES string of the molecule is CN1C(=O)/C(=C/c2ccc(Cl)s2)SC1=Nc1ccc(N2CCOCC2)cc1. The molecule has 0 bridgehead atoms. The predicted octanol–water partition coefficient (Wildman–Crippen LogP) is 4.47. The van der Waals surface area contributed by atoms with E-state index in [1.165, 1.54) is 28.8 Å². The minimum absolute atomic E-state index is 0.0480. The van der Waals surface area contributed by atoms with E-state index < -0.39 is 0 Å². The van der Waals surface area contributed by atoms with E-state index in [-0.39, 0.29) is 5.91 Å². The number of morpholine rings is 1. The van der Waals surface area contributed by atoms with E-state index >= 15 is 0 Å². The largest absolute Gasteiger partial charge is 0.378 e. The number of amidine groups is 1. The zero-order valence-corrected chi connectivity index (χ0v) is 17.1. The quantitative estimate of drug-likeness (QED) is 0.688. The Labute approximate surface area is 171 Å². The van der Waals surface area contributed by atoms with Crippen LogP contribution in [0.15, 0.2) is 46.3 Å². The van der Waals surface area contributed by atoms with Crippen molar-refractivity contribution in [2.45, 2.75) is 0 Å². The van der Waals surface area contributed by atoms with Gasteiger partial charge in [0.15, 0.2) is 5.17 Å². The number of likely N-dealkylation sites (N-methyl/N-ethyl adjacent to an activating group) is 1. The molecule has 27 heavy (non-hydrogen) atoms. The Balaban J connectivity index is 1.51. The number of halogens is 1. The number of thiophene rings is 1. The van der Waals surface area contributed by atoms with Crippen LogP contribution in [0.3, 0.4) is 0 Å². The molecule has 0 saturated carbocycles. The average molecular weight is 420 g/mol. The molecule has 0 unspecified atom stereocenters. The second kappa shape index (κ2) is 8.06. The average Bonchev–Trinajstić information content (AvgIpc) is 3.22. The summed E-state index contributed by atoms with van der Waals surface area (Å²) >= 11 is 8.80. The molecule has 1 aromatic heterocycles. The molecule has 2 fully saturated rings. The molecule has 2 saturated heterocycles. The Hall–Kier alpha value is -1.80. The van der Waals surface area contributed by atoms with Gasteiger partial charge < -0.3 is 9.64 Å². The van der Waals surface area contributed by atoms with E-state index in [2.05, 4.69) is 22.0 Å². The number of carbonyl (C=O) groups excluding carboxylic acids is 1. The van der Waals surface area contributed by atoms with Crippen molar-refractivity contribution in [1.82, 2.24) is 4.90 Å². The van der Waals surface area contributed by atoms with Crippen molar-refractivity contribution in [3.05, 3.63) is 50.5 Å². The van der Waals surface area contributed by atoms with Crippen LogP contribution in [0.25, 0.3) is 6.08 Å². The molecule has 0 atom stereocenters. The number of hydrogen-bond acceptors (Lipinski definition) is 6. The summed E-state index contributed by atoms with van der Waals surface area (Å²) in [6, 6.07) is 11.8. The summed E-state index contributed by atoms with van der Waals surface area (Å²) in [4.78, 5) is 22.6. The Morgan fingerprint density at radius 3 is 2.56 bits per heavy atom. The Morgan fingerprint density at radius 1 is 1.15 bits per heavy atom. The van der Waals surface area contributed by atoms with Crippen molar-refractivity contribution in [3.63, 3.8) is 0 Å². The van der Waals surface area contributed by atoms with Crippen LogP contribution in [0.2, 0.25) is 4.34 Å². The molecule has 0 spiro atoms. The molecule has 5 nitrogen and oxygen atoms in total. The maximum Gasteiger partial charge on any atom is 0.266 e. The summed E-state index contributed by atoms with van der Waals surface area (Å²) in [6.45, 7) is 3.33. The van der Waals surface area contributed by atoms with Gasteiger partial charge in [-0.2, -0.15) is 0 Å². The highest BCUT2D eigenvalue weighted by molar-refractivity contribution is 8.18. The molecule has 4 rings (SSSR count). The molecule has 3 heterocycles.